The Morgan fingerprint density at radius 3 is 2.25 bits per heavy atom. The number of allylic oxidation sites excluding steroid dienone is 1. The van der Waals surface area contributed by atoms with Gasteiger partial charge in [0.25, 0.3) is 0 Å². The van der Waals surface area contributed by atoms with E-state index in [1.165, 1.54) is 24.3 Å². The monoisotopic (exact) mass is 396 g/mol. The van der Waals surface area contributed by atoms with E-state index in [2.05, 4.69) is 31.0 Å². The molecule has 24 heavy (non-hydrogen) atoms. The van der Waals surface area contributed by atoms with Gasteiger partial charge in [0.15, 0.2) is 0 Å². The van der Waals surface area contributed by atoms with Crippen molar-refractivity contribution >= 4 is 31.4 Å². The molecule has 130 valence electrons. The molecule has 0 bridgehead atoms. The molecule has 1 saturated carbocycles. The summed E-state index contributed by atoms with van der Waals surface area (Å²) in [7, 11) is 2.65. The molecule has 0 aromatic heterocycles. The number of benzene rings is 1. The summed E-state index contributed by atoms with van der Waals surface area (Å²) in [5, 5.41) is 0. The van der Waals surface area contributed by atoms with E-state index in [0.29, 0.717) is 18.8 Å². The zero-order valence-electron chi connectivity index (χ0n) is 14.6. The zero-order chi connectivity index (χ0) is 17.7. The Bertz CT molecular complexity index is 606. The van der Waals surface area contributed by atoms with E-state index in [4.69, 9.17) is 9.47 Å². The van der Waals surface area contributed by atoms with Gasteiger partial charge in [0.1, 0.15) is 0 Å². The molecule has 1 aliphatic carbocycles. The molecular formula is C19H24O4Se. The first-order valence-electron chi connectivity index (χ1n) is 8.02. The van der Waals surface area contributed by atoms with Crippen molar-refractivity contribution in [2.45, 2.75) is 26.7 Å². The van der Waals surface area contributed by atoms with Gasteiger partial charge in [-0.2, -0.15) is 0 Å². The van der Waals surface area contributed by atoms with Gasteiger partial charge >= 0.3 is 149 Å². The van der Waals surface area contributed by atoms with Crippen LogP contribution in [0.5, 0.6) is 0 Å². The summed E-state index contributed by atoms with van der Waals surface area (Å²) < 4.78 is 11.1. The number of hydrogen-bond acceptors (Lipinski definition) is 4. The van der Waals surface area contributed by atoms with Crippen molar-refractivity contribution in [3.8, 4) is 0 Å². The molecule has 0 amide bonds. The molecule has 5 heteroatoms. The number of carbonyl (C=O) groups excluding carboxylic acids is 2. The number of carbonyl (C=O) groups is 2. The molecule has 0 N–H and O–H groups in total. The van der Waals surface area contributed by atoms with Gasteiger partial charge in [0.2, 0.25) is 0 Å². The average Bonchev–Trinajstić information content (AvgIpc) is 3.00. The second-order valence-corrected chi connectivity index (χ2v) is 8.40. The van der Waals surface area contributed by atoms with Gasteiger partial charge in [-0.1, -0.05) is 0 Å². The Hall–Kier alpha value is -1.58. The van der Waals surface area contributed by atoms with Crippen LogP contribution in [0.15, 0.2) is 40.9 Å². The van der Waals surface area contributed by atoms with Gasteiger partial charge in [-0.05, 0) is 0 Å². The molecule has 1 aromatic rings. The van der Waals surface area contributed by atoms with Crippen molar-refractivity contribution in [3.63, 3.8) is 0 Å². The fourth-order valence-electron chi connectivity index (χ4n) is 3.28. The average molecular weight is 395 g/mol. The molecule has 1 aromatic carbocycles. The summed E-state index contributed by atoms with van der Waals surface area (Å²) in [5.41, 5.74) is -0.0264. The third-order valence-electron chi connectivity index (χ3n) is 4.60. The van der Waals surface area contributed by atoms with Crippen molar-refractivity contribution in [2.75, 3.05) is 14.2 Å². The van der Waals surface area contributed by atoms with E-state index in [0.717, 1.165) is 0 Å². The van der Waals surface area contributed by atoms with Gasteiger partial charge in [0, 0.05) is 0 Å². The maximum atomic E-state index is 12.4. The van der Waals surface area contributed by atoms with E-state index in [1.807, 2.05) is 18.2 Å². The summed E-state index contributed by atoms with van der Waals surface area (Å²) >= 11 is 0.173. The molecule has 0 radical (unpaired) electrons. The predicted molar refractivity (Wildman–Crippen MR) is 93.9 cm³/mol. The van der Waals surface area contributed by atoms with Gasteiger partial charge in [-0.15, -0.1) is 0 Å². The number of methoxy groups -OCH3 is 2. The first-order chi connectivity index (χ1) is 11.4. The summed E-state index contributed by atoms with van der Waals surface area (Å²) in [6.45, 7) is 4.25. The van der Waals surface area contributed by atoms with Crippen molar-refractivity contribution in [1.82, 2.24) is 0 Å². The van der Waals surface area contributed by atoms with Crippen molar-refractivity contribution < 1.29 is 19.1 Å². The summed E-state index contributed by atoms with van der Waals surface area (Å²) in [6, 6.07) is 10.3. The van der Waals surface area contributed by atoms with Crippen LogP contribution in [0.4, 0.5) is 0 Å². The first-order valence-corrected chi connectivity index (χ1v) is 9.86. The Morgan fingerprint density at radius 2 is 1.75 bits per heavy atom. The minimum atomic E-state index is -1.20. The molecule has 1 aliphatic rings. The van der Waals surface area contributed by atoms with Gasteiger partial charge in [-0.3, -0.25) is 0 Å². The molecule has 1 unspecified atom stereocenters. The summed E-state index contributed by atoms with van der Waals surface area (Å²) in [5.74, 6) is -0.445. The molecule has 0 saturated heterocycles. The normalized spacial score (nSPS) is 21.0. The van der Waals surface area contributed by atoms with Crippen LogP contribution in [0.25, 0.3) is 0 Å². The predicted octanol–water partition coefficient (Wildman–Crippen LogP) is 2.30. The van der Waals surface area contributed by atoms with Crippen LogP contribution in [0, 0.1) is 17.3 Å². The van der Waals surface area contributed by atoms with Crippen LogP contribution in [-0.4, -0.2) is 41.1 Å². The molecule has 0 spiro atoms. The quantitative estimate of drug-likeness (QED) is 0.436. The third kappa shape index (κ3) is 3.73. The van der Waals surface area contributed by atoms with Crippen LogP contribution in [-0.2, 0) is 19.1 Å². The van der Waals surface area contributed by atoms with E-state index in [9.17, 15) is 9.59 Å². The molecule has 4 nitrogen and oxygen atoms in total. The number of esters is 2. The molecular weight excluding hydrogens is 371 g/mol. The fraction of sp³-hybridized carbons (Fsp3) is 0.474. The van der Waals surface area contributed by atoms with E-state index in [-0.39, 0.29) is 20.9 Å². The fourth-order valence-corrected chi connectivity index (χ4v) is 5.08. The Balaban J connectivity index is 2.33. The first kappa shape index (κ1) is 18.8. The van der Waals surface area contributed by atoms with Gasteiger partial charge in [0.05, 0.1) is 0 Å². The third-order valence-corrected chi connectivity index (χ3v) is 6.62. The van der Waals surface area contributed by atoms with Gasteiger partial charge in [-0.25, -0.2) is 0 Å². The Labute approximate surface area is 149 Å². The molecule has 1 atom stereocenters. The molecule has 2 rings (SSSR count). The van der Waals surface area contributed by atoms with Crippen molar-refractivity contribution in [1.29, 1.82) is 0 Å². The van der Waals surface area contributed by atoms with E-state index < -0.39 is 17.4 Å². The van der Waals surface area contributed by atoms with Crippen LogP contribution in [0.2, 0.25) is 0 Å². The van der Waals surface area contributed by atoms with Gasteiger partial charge < -0.3 is 0 Å². The zero-order valence-corrected chi connectivity index (χ0v) is 16.3. The SMILES string of the molecule is COC(=O)C1(C(=O)OC)C/C(=C\[Se]c2ccccc2)C(C(C)C)C1. The molecule has 1 fully saturated rings. The second kappa shape index (κ2) is 8.00. The Morgan fingerprint density at radius 1 is 1.17 bits per heavy atom. The topological polar surface area (TPSA) is 52.6 Å². The summed E-state index contributed by atoms with van der Waals surface area (Å²) in [6.07, 6.45) is 0.852. The van der Waals surface area contributed by atoms with E-state index in [1.54, 1.807) is 0 Å². The van der Waals surface area contributed by atoms with Crippen LogP contribution >= 0.6 is 0 Å². The molecule has 0 heterocycles. The maximum absolute atomic E-state index is 12.4. The van der Waals surface area contributed by atoms with Crippen LogP contribution in [0.1, 0.15) is 26.7 Å². The summed E-state index contributed by atoms with van der Waals surface area (Å²) in [4.78, 5) is 27.0. The number of ether oxygens (including phenoxy) is 2. The Kier molecular flexibility index (Phi) is 6.25. The standard InChI is InChI=1S/C19H24O4Se/c1-13(2)16-11-19(17(20)22-3,18(21)23-4)10-14(16)12-24-15-8-6-5-7-9-15/h5-9,12-13,16H,10-11H2,1-4H3/b14-12+. The van der Waals surface area contributed by atoms with Crippen LogP contribution < -0.4 is 4.46 Å². The van der Waals surface area contributed by atoms with Crippen LogP contribution in [0.3, 0.4) is 0 Å². The second-order valence-electron chi connectivity index (χ2n) is 6.42. The van der Waals surface area contributed by atoms with E-state index >= 15 is 0 Å². The number of rotatable bonds is 5. The van der Waals surface area contributed by atoms with Crippen molar-refractivity contribution in [2.24, 2.45) is 17.3 Å². The van der Waals surface area contributed by atoms with Crippen molar-refractivity contribution in [3.05, 3.63) is 40.9 Å². The molecule has 0 aliphatic heterocycles. The minimum absolute atomic E-state index is 0.173. The number of hydrogen-bond donors (Lipinski definition) is 0.